The van der Waals surface area contributed by atoms with Crippen LogP contribution in [0, 0.1) is 0 Å². The fraction of sp³-hybridized carbons (Fsp3) is 0. The van der Waals surface area contributed by atoms with Crippen molar-refractivity contribution in [1.82, 2.24) is 9.97 Å². The molecule has 6 rings (SSSR count). The number of aromatic nitrogens is 2. The number of pyridine rings is 2. The minimum absolute atomic E-state index is 0.0747. The van der Waals surface area contributed by atoms with Gasteiger partial charge in [-0.15, -0.1) is 5.73 Å². The first-order chi connectivity index (χ1) is 18.0. The third-order valence-corrected chi connectivity index (χ3v) is 6.53. The molecule has 0 aliphatic heterocycles. The van der Waals surface area contributed by atoms with E-state index in [0.717, 1.165) is 21.5 Å². The molecule has 0 aliphatic rings. The standard InChI is InChI=1S/C31H20N2O4/c34-28-22-16-14-18-8-4-6-10-20(18)26(22)32-30(36)24(28)12-2-1-3-13-25-29(35)23-17-15-19-9-5-7-11-21(19)27(23)33-31(25)37/h1-2,4-17H,(H2,32,34,36)(H2,33,35,37). The van der Waals surface area contributed by atoms with Crippen molar-refractivity contribution in [3.05, 3.63) is 123 Å². The Labute approximate surface area is 209 Å². The summed E-state index contributed by atoms with van der Waals surface area (Å²) in [6.07, 6.45) is 5.88. The second-order valence-electron chi connectivity index (χ2n) is 8.69. The molecule has 6 nitrogen and oxygen atoms in total. The highest BCUT2D eigenvalue weighted by Gasteiger charge is 2.12. The number of allylic oxidation sites excluding steroid dienone is 2. The number of hydrogen-bond acceptors (Lipinski definition) is 4. The van der Waals surface area contributed by atoms with E-state index in [1.54, 1.807) is 12.1 Å². The Hall–Kier alpha value is -5.32. The summed E-state index contributed by atoms with van der Waals surface area (Å²) in [5.41, 5.74) is 3.31. The van der Waals surface area contributed by atoms with Crippen LogP contribution in [0.15, 0.2) is 100 Å². The van der Waals surface area contributed by atoms with Crippen LogP contribution in [0.1, 0.15) is 11.1 Å². The third kappa shape index (κ3) is 3.69. The van der Waals surface area contributed by atoms with E-state index in [4.69, 9.17) is 0 Å². The molecule has 4 aromatic carbocycles. The molecular weight excluding hydrogens is 464 g/mol. The highest BCUT2D eigenvalue weighted by molar-refractivity contribution is 6.08. The Kier molecular flexibility index (Phi) is 5.22. The van der Waals surface area contributed by atoms with Crippen molar-refractivity contribution >= 4 is 55.5 Å². The summed E-state index contributed by atoms with van der Waals surface area (Å²) in [6.45, 7) is 0. The molecular formula is C31H20N2O4. The van der Waals surface area contributed by atoms with Crippen LogP contribution in [0.2, 0.25) is 0 Å². The van der Waals surface area contributed by atoms with E-state index >= 15 is 0 Å². The smallest absolute Gasteiger partial charge is 0.260 e. The van der Waals surface area contributed by atoms with Crippen LogP contribution in [0.4, 0.5) is 0 Å². The van der Waals surface area contributed by atoms with E-state index < -0.39 is 11.1 Å². The highest BCUT2D eigenvalue weighted by Crippen LogP contribution is 2.32. The van der Waals surface area contributed by atoms with Crippen LogP contribution in [0.25, 0.3) is 55.5 Å². The van der Waals surface area contributed by atoms with Crippen molar-refractivity contribution in [3.8, 4) is 11.5 Å². The molecule has 0 atom stereocenters. The van der Waals surface area contributed by atoms with E-state index in [1.165, 1.54) is 24.3 Å². The van der Waals surface area contributed by atoms with Gasteiger partial charge in [-0.1, -0.05) is 66.7 Å². The predicted octanol–water partition coefficient (Wildman–Crippen LogP) is 5.97. The zero-order chi connectivity index (χ0) is 25.5. The molecule has 2 heterocycles. The summed E-state index contributed by atoms with van der Waals surface area (Å²) < 4.78 is 0. The topological polar surface area (TPSA) is 106 Å². The summed E-state index contributed by atoms with van der Waals surface area (Å²) in [5, 5.41) is 26.2. The molecule has 6 aromatic rings. The minimum Gasteiger partial charge on any atom is -0.506 e. The first kappa shape index (κ1) is 22.2. The second kappa shape index (κ2) is 8.72. The van der Waals surface area contributed by atoms with Gasteiger partial charge in [-0.3, -0.25) is 9.59 Å². The number of nitrogens with one attached hydrogen (secondary N) is 2. The second-order valence-corrected chi connectivity index (χ2v) is 8.69. The molecule has 0 radical (unpaired) electrons. The van der Waals surface area contributed by atoms with Gasteiger partial charge < -0.3 is 20.2 Å². The molecule has 0 spiro atoms. The maximum absolute atomic E-state index is 12.7. The monoisotopic (exact) mass is 484 g/mol. The Balaban J connectivity index is 1.37. The Morgan fingerprint density at radius 3 is 1.73 bits per heavy atom. The third-order valence-electron chi connectivity index (χ3n) is 6.53. The van der Waals surface area contributed by atoms with Crippen LogP contribution in [-0.4, -0.2) is 20.2 Å². The number of aromatic amines is 2. The lowest BCUT2D eigenvalue weighted by molar-refractivity contribution is 0.478. The van der Waals surface area contributed by atoms with E-state index in [-0.39, 0.29) is 22.6 Å². The molecule has 0 bridgehead atoms. The van der Waals surface area contributed by atoms with Gasteiger partial charge in [-0.25, -0.2) is 0 Å². The SMILES string of the molecule is O=c1[nH]c2c(ccc3ccccc32)c(O)c1C=C=CC=Cc1c(O)c2ccc3ccccc3c2[nH]c1=O. The molecule has 0 unspecified atom stereocenters. The Bertz CT molecular complexity index is 2090. The average molecular weight is 485 g/mol. The van der Waals surface area contributed by atoms with Crippen molar-refractivity contribution in [1.29, 1.82) is 0 Å². The van der Waals surface area contributed by atoms with Crippen molar-refractivity contribution in [3.63, 3.8) is 0 Å². The number of aromatic hydroxyl groups is 2. The lowest BCUT2D eigenvalue weighted by Gasteiger charge is -2.07. The fourth-order valence-electron chi connectivity index (χ4n) is 4.69. The molecule has 0 amide bonds. The molecule has 6 heteroatoms. The minimum atomic E-state index is -0.443. The molecule has 0 aliphatic carbocycles. The largest absolute Gasteiger partial charge is 0.506 e. The van der Waals surface area contributed by atoms with Gasteiger partial charge in [0.1, 0.15) is 11.5 Å². The van der Waals surface area contributed by atoms with Gasteiger partial charge >= 0.3 is 0 Å². The highest BCUT2D eigenvalue weighted by atomic mass is 16.3. The number of fused-ring (bicyclic) bond motifs is 6. The van der Waals surface area contributed by atoms with Gasteiger partial charge in [0.25, 0.3) is 11.1 Å². The average Bonchev–Trinajstić information content (AvgIpc) is 2.91. The van der Waals surface area contributed by atoms with Crippen molar-refractivity contribution in [2.45, 2.75) is 0 Å². The molecule has 178 valence electrons. The van der Waals surface area contributed by atoms with Gasteiger partial charge in [0, 0.05) is 21.5 Å². The van der Waals surface area contributed by atoms with Gasteiger partial charge in [0.2, 0.25) is 0 Å². The van der Waals surface area contributed by atoms with Gasteiger partial charge in [0.05, 0.1) is 22.2 Å². The first-order valence-electron chi connectivity index (χ1n) is 11.7. The van der Waals surface area contributed by atoms with Crippen LogP contribution >= 0.6 is 0 Å². The maximum atomic E-state index is 12.7. The lowest BCUT2D eigenvalue weighted by atomic mass is 10.0. The number of benzene rings is 4. The maximum Gasteiger partial charge on any atom is 0.260 e. The number of H-pyrrole nitrogens is 2. The van der Waals surface area contributed by atoms with Crippen molar-refractivity contribution < 1.29 is 10.2 Å². The molecule has 37 heavy (non-hydrogen) atoms. The van der Waals surface area contributed by atoms with E-state index in [1.807, 2.05) is 60.7 Å². The number of hydrogen-bond donors (Lipinski definition) is 4. The molecule has 0 saturated heterocycles. The fourth-order valence-corrected chi connectivity index (χ4v) is 4.69. The molecule has 4 N–H and O–H groups in total. The molecule has 2 aromatic heterocycles. The summed E-state index contributed by atoms with van der Waals surface area (Å²) >= 11 is 0. The summed E-state index contributed by atoms with van der Waals surface area (Å²) in [7, 11) is 0. The van der Waals surface area contributed by atoms with E-state index in [0.29, 0.717) is 21.8 Å². The van der Waals surface area contributed by atoms with E-state index in [9.17, 15) is 19.8 Å². The van der Waals surface area contributed by atoms with E-state index in [2.05, 4.69) is 15.7 Å². The van der Waals surface area contributed by atoms with Crippen LogP contribution in [-0.2, 0) is 0 Å². The predicted molar refractivity (Wildman–Crippen MR) is 149 cm³/mol. The molecule has 0 fully saturated rings. The number of rotatable bonds is 3. The zero-order valence-corrected chi connectivity index (χ0v) is 19.4. The summed E-state index contributed by atoms with van der Waals surface area (Å²) in [5.74, 6) is -0.251. The van der Waals surface area contributed by atoms with Crippen LogP contribution < -0.4 is 11.1 Å². The van der Waals surface area contributed by atoms with Gasteiger partial charge in [0.15, 0.2) is 0 Å². The van der Waals surface area contributed by atoms with Gasteiger partial charge in [-0.05, 0) is 41.1 Å². The van der Waals surface area contributed by atoms with Crippen molar-refractivity contribution in [2.24, 2.45) is 0 Å². The van der Waals surface area contributed by atoms with Gasteiger partial charge in [-0.2, -0.15) is 0 Å². The quantitative estimate of drug-likeness (QED) is 0.141. The zero-order valence-electron chi connectivity index (χ0n) is 19.4. The normalized spacial score (nSPS) is 11.5. The van der Waals surface area contributed by atoms with Crippen LogP contribution in [0.3, 0.4) is 0 Å². The summed E-state index contributed by atoms with van der Waals surface area (Å²) in [6, 6.07) is 22.6. The first-order valence-corrected chi connectivity index (χ1v) is 11.7. The van der Waals surface area contributed by atoms with Crippen molar-refractivity contribution in [2.75, 3.05) is 0 Å². The Morgan fingerprint density at radius 1 is 0.622 bits per heavy atom. The lowest BCUT2D eigenvalue weighted by Crippen LogP contribution is -2.09. The summed E-state index contributed by atoms with van der Waals surface area (Å²) in [4.78, 5) is 31.1. The molecule has 0 saturated carbocycles. The Morgan fingerprint density at radius 2 is 1.14 bits per heavy atom. The van der Waals surface area contributed by atoms with Crippen LogP contribution in [0.5, 0.6) is 11.5 Å².